The van der Waals surface area contributed by atoms with Crippen LogP contribution in [-0.4, -0.2) is 44.1 Å². The van der Waals surface area contributed by atoms with E-state index < -0.39 is 15.6 Å². The molecule has 1 fully saturated rings. The maximum atomic E-state index is 12.4. The van der Waals surface area contributed by atoms with Crippen molar-refractivity contribution in [2.75, 3.05) is 13.1 Å². The largest absolute Gasteiger partial charge is 0.444 e. The molecule has 2 rings (SSSR count). The number of nitrogens with one attached hydrogen (secondary N) is 1. The summed E-state index contributed by atoms with van der Waals surface area (Å²) in [5, 5.41) is 0. The summed E-state index contributed by atoms with van der Waals surface area (Å²) in [5.41, 5.74) is 1.25. The Balaban J connectivity index is 1.87. The molecule has 0 atom stereocenters. The molecule has 1 amide bonds. The van der Waals surface area contributed by atoms with Gasteiger partial charge in [-0.15, -0.1) is 0 Å². The normalized spacial score (nSPS) is 16.7. The van der Waals surface area contributed by atoms with E-state index >= 15 is 0 Å². The Labute approximate surface area is 150 Å². The van der Waals surface area contributed by atoms with Gasteiger partial charge in [0.2, 0.25) is 10.0 Å². The van der Waals surface area contributed by atoms with Crippen LogP contribution in [-0.2, 0) is 20.5 Å². The molecule has 0 unspecified atom stereocenters. The van der Waals surface area contributed by atoms with Gasteiger partial charge in [0.15, 0.2) is 0 Å². The monoisotopic (exact) mass is 368 g/mol. The Morgan fingerprint density at radius 2 is 1.84 bits per heavy atom. The van der Waals surface area contributed by atoms with Gasteiger partial charge in [-0.2, -0.15) is 0 Å². The molecule has 1 aliphatic rings. The topological polar surface area (TPSA) is 75.7 Å². The van der Waals surface area contributed by atoms with Gasteiger partial charge in [-0.25, -0.2) is 17.9 Å². The minimum Gasteiger partial charge on any atom is -0.444 e. The second kappa shape index (κ2) is 7.74. The van der Waals surface area contributed by atoms with Gasteiger partial charge < -0.3 is 9.64 Å². The second-order valence-electron chi connectivity index (χ2n) is 7.55. The predicted molar refractivity (Wildman–Crippen MR) is 97.8 cm³/mol. The third-order valence-electron chi connectivity index (χ3n) is 4.10. The number of piperidine rings is 1. The summed E-state index contributed by atoms with van der Waals surface area (Å²) in [4.78, 5) is 13.7. The van der Waals surface area contributed by atoms with Gasteiger partial charge in [0.25, 0.3) is 0 Å². The molecule has 0 saturated carbocycles. The van der Waals surface area contributed by atoms with Gasteiger partial charge in [-0.1, -0.05) is 24.3 Å². The lowest BCUT2D eigenvalue weighted by Gasteiger charge is -2.33. The zero-order valence-electron chi connectivity index (χ0n) is 15.4. The van der Waals surface area contributed by atoms with E-state index in [1.165, 1.54) is 0 Å². The van der Waals surface area contributed by atoms with Gasteiger partial charge in [0.1, 0.15) is 5.60 Å². The number of nitrogens with zero attached hydrogens (tertiary/aromatic N) is 1. The molecule has 0 bridgehead atoms. The highest BCUT2D eigenvalue weighted by atomic mass is 32.2. The molecule has 25 heavy (non-hydrogen) atoms. The molecule has 1 aromatic carbocycles. The standard InChI is InChI=1S/C18H28N2O4S/c1-14-7-5-6-8-15(14)13-25(22,23)19-16-9-11-20(12-10-16)17(21)24-18(2,3)4/h5-8,16,19H,9-13H2,1-4H3. The van der Waals surface area contributed by atoms with Crippen molar-refractivity contribution in [2.45, 2.75) is 57.9 Å². The number of carbonyl (C=O) groups excluding carboxylic acids is 1. The molecule has 7 heteroatoms. The van der Waals surface area contributed by atoms with Crippen LogP contribution >= 0.6 is 0 Å². The van der Waals surface area contributed by atoms with Crippen molar-refractivity contribution < 1.29 is 17.9 Å². The summed E-state index contributed by atoms with van der Waals surface area (Å²) >= 11 is 0. The molecule has 0 aromatic heterocycles. The van der Waals surface area contributed by atoms with Crippen LogP contribution in [0.2, 0.25) is 0 Å². The Kier molecular flexibility index (Phi) is 6.11. The smallest absolute Gasteiger partial charge is 0.410 e. The number of aryl methyl sites for hydroxylation is 1. The molecule has 0 aliphatic carbocycles. The number of likely N-dealkylation sites (tertiary alicyclic amines) is 1. The molecule has 1 heterocycles. The van der Waals surface area contributed by atoms with Crippen molar-refractivity contribution >= 4 is 16.1 Å². The summed E-state index contributed by atoms with van der Waals surface area (Å²) < 4.78 is 32.9. The van der Waals surface area contributed by atoms with E-state index in [0.29, 0.717) is 25.9 Å². The third kappa shape index (κ3) is 6.32. The van der Waals surface area contributed by atoms with Gasteiger partial charge in [0, 0.05) is 19.1 Å². The molecule has 1 N–H and O–H groups in total. The molecular formula is C18H28N2O4S. The highest BCUT2D eigenvalue weighted by molar-refractivity contribution is 7.88. The van der Waals surface area contributed by atoms with E-state index in [1.807, 2.05) is 52.0 Å². The van der Waals surface area contributed by atoms with Crippen molar-refractivity contribution in [3.05, 3.63) is 35.4 Å². The van der Waals surface area contributed by atoms with E-state index in [4.69, 9.17) is 4.74 Å². The third-order valence-corrected chi connectivity index (χ3v) is 5.48. The average Bonchev–Trinajstić information content (AvgIpc) is 2.48. The van der Waals surface area contributed by atoms with Gasteiger partial charge in [-0.3, -0.25) is 0 Å². The first-order valence-corrected chi connectivity index (χ1v) is 10.2. The minimum absolute atomic E-state index is 0.0219. The number of hydrogen-bond donors (Lipinski definition) is 1. The summed E-state index contributed by atoms with van der Waals surface area (Å²) in [6.45, 7) is 8.38. The van der Waals surface area contributed by atoms with E-state index in [2.05, 4.69) is 4.72 Å². The number of hydrogen-bond acceptors (Lipinski definition) is 4. The van der Waals surface area contributed by atoms with Gasteiger partial charge in [-0.05, 0) is 51.7 Å². The highest BCUT2D eigenvalue weighted by Gasteiger charge is 2.28. The van der Waals surface area contributed by atoms with Crippen molar-refractivity contribution in [3.8, 4) is 0 Å². The Morgan fingerprint density at radius 1 is 1.24 bits per heavy atom. The number of carbonyl (C=O) groups is 1. The van der Waals surface area contributed by atoms with Crippen molar-refractivity contribution in [1.29, 1.82) is 0 Å². The number of amides is 1. The van der Waals surface area contributed by atoms with Gasteiger partial charge in [0.05, 0.1) is 5.75 Å². The lowest BCUT2D eigenvalue weighted by atomic mass is 10.1. The number of rotatable bonds is 4. The van der Waals surface area contributed by atoms with Crippen LogP contribution in [0.3, 0.4) is 0 Å². The van der Waals surface area contributed by atoms with E-state index in [9.17, 15) is 13.2 Å². The molecular weight excluding hydrogens is 340 g/mol. The second-order valence-corrected chi connectivity index (χ2v) is 9.30. The molecule has 6 nitrogen and oxygen atoms in total. The first kappa shape index (κ1) is 19.7. The maximum Gasteiger partial charge on any atom is 0.410 e. The molecule has 1 aliphatic heterocycles. The first-order valence-electron chi connectivity index (χ1n) is 8.58. The van der Waals surface area contributed by atoms with E-state index in [0.717, 1.165) is 11.1 Å². The highest BCUT2D eigenvalue weighted by Crippen LogP contribution is 2.17. The lowest BCUT2D eigenvalue weighted by Crippen LogP contribution is -2.47. The molecule has 1 saturated heterocycles. The van der Waals surface area contributed by atoms with Crippen LogP contribution in [0.1, 0.15) is 44.7 Å². The number of benzene rings is 1. The van der Waals surface area contributed by atoms with E-state index in [-0.39, 0.29) is 17.9 Å². The molecule has 140 valence electrons. The fourth-order valence-electron chi connectivity index (χ4n) is 2.78. The summed E-state index contributed by atoms with van der Waals surface area (Å²) in [5.74, 6) is -0.0219. The Bertz CT molecular complexity index is 702. The van der Waals surface area contributed by atoms with Crippen LogP contribution in [0.5, 0.6) is 0 Å². The van der Waals surface area contributed by atoms with Crippen LogP contribution < -0.4 is 4.72 Å². The quantitative estimate of drug-likeness (QED) is 0.887. The number of ether oxygens (including phenoxy) is 1. The SMILES string of the molecule is Cc1ccccc1CS(=O)(=O)NC1CCN(C(=O)OC(C)(C)C)CC1. The molecule has 0 spiro atoms. The minimum atomic E-state index is -3.41. The van der Waals surface area contributed by atoms with Crippen molar-refractivity contribution in [3.63, 3.8) is 0 Å². The van der Waals surface area contributed by atoms with Crippen molar-refractivity contribution in [2.24, 2.45) is 0 Å². The predicted octanol–water partition coefficient (Wildman–Crippen LogP) is 2.81. The zero-order chi connectivity index (χ0) is 18.7. The lowest BCUT2D eigenvalue weighted by molar-refractivity contribution is 0.0203. The van der Waals surface area contributed by atoms with Crippen LogP contribution in [0, 0.1) is 6.92 Å². The Morgan fingerprint density at radius 3 is 2.40 bits per heavy atom. The maximum absolute atomic E-state index is 12.4. The van der Waals surface area contributed by atoms with Crippen molar-refractivity contribution in [1.82, 2.24) is 9.62 Å². The summed E-state index contributed by atoms with van der Waals surface area (Å²) in [7, 11) is -3.41. The van der Waals surface area contributed by atoms with Crippen LogP contribution in [0.4, 0.5) is 4.79 Å². The molecule has 1 aromatic rings. The first-order chi connectivity index (χ1) is 11.6. The fourth-order valence-corrected chi connectivity index (χ4v) is 4.34. The average molecular weight is 368 g/mol. The Hall–Kier alpha value is -1.60. The van der Waals surface area contributed by atoms with E-state index in [1.54, 1.807) is 4.90 Å². The summed E-state index contributed by atoms with van der Waals surface area (Å²) in [6, 6.07) is 7.33. The number of sulfonamides is 1. The van der Waals surface area contributed by atoms with Crippen LogP contribution in [0.15, 0.2) is 24.3 Å². The zero-order valence-corrected chi connectivity index (χ0v) is 16.2. The molecule has 0 radical (unpaired) electrons. The fraction of sp³-hybridized carbons (Fsp3) is 0.611. The van der Waals surface area contributed by atoms with Crippen LogP contribution in [0.25, 0.3) is 0 Å². The summed E-state index contributed by atoms with van der Waals surface area (Å²) in [6.07, 6.45) is 0.840. The van der Waals surface area contributed by atoms with Gasteiger partial charge >= 0.3 is 6.09 Å².